The van der Waals surface area contributed by atoms with Crippen LogP contribution < -0.4 is 5.32 Å². The molecule has 0 saturated carbocycles. The number of amides is 2. The van der Waals surface area contributed by atoms with Crippen LogP contribution in [0.4, 0.5) is 0 Å². The molecule has 1 atom stereocenters. The van der Waals surface area contributed by atoms with E-state index in [0.29, 0.717) is 11.5 Å². The van der Waals surface area contributed by atoms with Crippen LogP contribution in [0.3, 0.4) is 0 Å². The molecule has 7 nitrogen and oxygen atoms in total. The van der Waals surface area contributed by atoms with E-state index in [4.69, 9.17) is 4.42 Å². The molecule has 0 spiro atoms. The van der Waals surface area contributed by atoms with Crippen LogP contribution >= 0.6 is 0 Å². The van der Waals surface area contributed by atoms with Crippen LogP contribution in [-0.2, 0) is 16.1 Å². The second kappa shape index (κ2) is 7.33. The molecule has 1 unspecified atom stereocenters. The fraction of sp³-hybridized carbons (Fsp3) is 0.471. The van der Waals surface area contributed by atoms with Crippen molar-refractivity contribution in [1.82, 2.24) is 20.0 Å². The van der Waals surface area contributed by atoms with Gasteiger partial charge < -0.3 is 14.6 Å². The maximum absolute atomic E-state index is 12.3. The minimum Gasteiger partial charge on any atom is -0.463 e. The Morgan fingerprint density at radius 1 is 1.29 bits per heavy atom. The molecule has 1 aliphatic heterocycles. The van der Waals surface area contributed by atoms with Gasteiger partial charge in [-0.2, -0.15) is 5.10 Å². The van der Waals surface area contributed by atoms with E-state index in [-0.39, 0.29) is 18.4 Å². The van der Waals surface area contributed by atoms with Crippen molar-refractivity contribution in [2.24, 2.45) is 0 Å². The van der Waals surface area contributed by atoms with Crippen molar-refractivity contribution in [2.45, 2.75) is 38.8 Å². The third kappa shape index (κ3) is 3.84. The number of hydrogen-bond acceptors (Lipinski definition) is 4. The number of aromatic nitrogens is 2. The van der Waals surface area contributed by atoms with Crippen molar-refractivity contribution in [1.29, 1.82) is 0 Å². The van der Waals surface area contributed by atoms with Gasteiger partial charge in [-0.05, 0) is 44.4 Å². The largest absolute Gasteiger partial charge is 0.463 e. The summed E-state index contributed by atoms with van der Waals surface area (Å²) in [7, 11) is 0. The average molecular weight is 330 g/mol. The SMILES string of the molecule is CC(NC(=O)Cn1ccc(-c2ccco2)n1)C(=O)N1CCCCC1. The summed E-state index contributed by atoms with van der Waals surface area (Å²) in [6.45, 7) is 3.36. The van der Waals surface area contributed by atoms with Crippen LogP contribution in [-0.4, -0.2) is 45.6 Å². The maximum atomic E-state index is 12.3. The second-order valence-corrected chi connectivity index (χ2v) is 6.05. The zero-order valence-corrected chi connectivity index (χ0v) is 13.8. The lowest BCUT2D eigenvalue weighted by atomic mass is 10.1. The quantitative estimate of drug-likeness (QED) is 0.904. The highest BCUT2D eigenvalue weighted by Gasteiger charge is 2.23. The summed E-state index contributed by atoms with van der Waals surface area (Å²) in [5, 5.41) is 7.06. The fourth-order valence-corrected chi connectivity index (χ4v) is 2.89. The first-order valence-corrected chi connectivity index (χ1v) is 8.29. The van der Waals surface area contributed by atoms with Crippen molar-refractivity contribution < 1.29 is 14.0 Å². The normalized spacial score (nSPS) is 16.0. The van der Waals surface area contributed by atoms with Gasteiger partial charge in [0.1, 0.15) is 18.3 Å². The number of furan rings is 1. The summed E-state index contributed by atoms with van der Waals surface area (Å²) >= 11 is 0. The predicted molar refractivity (Wildman–Crippen MR) is 88.0 cm³/mol. The van der Waals surface area contributed by atoms with Crippen molar-refractivity contribution >= 4 is 11.8 Å². The monoisotopic (exact) mass is 330 g/mol. The summed E-state index contributed by atoms with van der Waals surface area (Å²) in [5.41, 5.74) is 0.672. The predicted octanol–water partition coefficient (Wildman–Crippen LogP) is 1.66. The van der Waals surface area contributed by atoms with Crippen molar-refractivity contribution in [3.8, 4) is 11.5 Å². The van der Waals surface area contributed by atoms with Crippen LogP contribution in [0.25, 0.3) is 11.5 Å². The second-order valence-electron chi connectivity index (χ2n) is 6.05. The molecule has 3 rings (SSSR count). The van der Waals surface area contributed by atoms with Gasteiger partial charge >= 0.3 is 0 Å². The molecule has 0 aliphatic carbocycles. The van der Waals surface area contributed by atoms with Crippen LogP contribution in [0.5, 0.6) is 0 Å². The van der Waals surface area contributed by atoms with E-state index in [0.717, 1.165) is 25.9 Å². The number of nitrogens with one attached hydrogen (secondary N) is 1. The van der Waals surface area contributed by atoms with Crippen LogP contribution in [0.2, 0.25) is 0 Å². The Labute approximate surface area is 140 Å². The van der Waals surface area contributed by atoms with Gasteiger partial charge in [-0.1, -0.05) is 0 Å². The standard InChI is InChI=1S/C17H22N4O3/c1-13(17(23)20-8-3-2-4-9-20)18-16(22)12-21-10-7-14(19-21)15-6-5-11-24-15/h5-7,10-11,13H,2-4,8-9,12H2,1H3,(H,18,22). The number of carbonyl (C=O) groups is 2. The van der Waals surface area contributed by atoms with Gasteiger partial charge in [-0.25, -0.2) is 0 Å². The third-order valence-electron chi connectivity index (χ3n) is 4.14. The topological polar surface area (TPSA) is 80.4 Å². The number of hydrogen-bond donors (Lipinski definition) is 1. The summed E-state index contributed by atoms with van der Waals surface area (Å²) in [6.07, 6.45) is 6.54. The molecule has 0 bridgehead atoms. The van der Waals surface area contributed by atoms with Gasteiger partial charge in [0, 0.05) is 19.3 Å². The summed E-state index contributed by atoms with van der Waals surface area (Å²) in [5.74, 6) is 0.407. The van der Waals surface area contributed by atoms with Gasteiger partial charge in [0.25, 0.3) is 0 Å². The van der Waals surface area contributed by atoms with Crippen molar-refractivity contribution in [2.75, 3.05) is 13.1 Å². The Morgan fingerprint density at radius 3 is 2.79 bits per heavy atom. The first-order valence-electron chi connectivity index (χ1n) is 8.29. The summed E-state index contributed by atoms with van der Waals surface area (Å²) in [6, 6.07) is 4.87. The van der Waals surface area contributed by atoms with Crippen molar-refractivity contribution in [3.63, 3.8) is 0 Å². The fourth-order valence-electron chi connectivity index (χ4n) is 2.89. The smallest absolute Gasteiger partial charge is 0.244 e. The van der Waals surface area contributed by atoms with E-state index in [9.17, 15) is 9.59 Å². The molecule has 2 amide bonds. The lowest BCUT2D eigenvalue weighted by molar-refractivity contribution is -0.136. The third-order valence-corrected chi connectivity index (χ3v) is 4.14. The molecule has 2 aromatic rings. The van der Waals surface area contributed by atoms with Gasteiger partial charge in [-0.3, -0.25) is 14.3 Å². The molecule has 1 saturated heterocycles. The van der Waals surface area contributed by atoms with Crippen molar-refractivity contribution in [3.05, 3.63) is 30.7 Å². The maximum Gasteiger partial charge on any atom is 0.244 e. The Morgan fingerprint density at radius 2 is 2.08 bits per heavy atom. The minimum atomic E-state index is -0.518. The molecule has 2 aromatic heterocycles. The molecular weight excluding hydrogens is 308 g/mol. The van der Waals surface area contributed by atoms with Gasteiger partial charge in [0.15, 0.2) is 5.76 Å². The molecule has 0 radical (unpaired) electrons. The number of piperidine rings is 1. The molecule has 1 fully saturated rings. The Kier molecular flexibility index (Phi) is 4.98. The Bertz CT molecular complexity index is 687. The molecule has 24 heavy (non-hydrogen) atoms. The molecule has 1 aliphatic rings. The van der Waals surface area contributed by atoms with E-state index < -0.39 is 6.04 Å². The zero-order valence-electron chi connectivity index (χ0n) is 13.8. The number of rotatable bonds is 5. The molecule has 7 heteroatoms. The van der Waals surface area contributed by atoms with Crippen LogP contribution in [0.15, 0.2) is 35.1 Å². The first kappa shape index (κ1) is 16.3. The highest BCUT2D eigenvalue weighted by molar-refractivity contribution is 5.87. The highest BCUT2D eigenvalue weighted by atomic mass is 16.3. The van der Waals surface area contributed by atoms with Gasteiger partial charge in [-0.15, -0.1) is 0 Å². The average Bonchev–Trinajstić information content (AvgIpc) is 3.26. The molecule has 0 aromatic carbocycles. The van der Waals surface area contributed by atoms with E-state index in [1.54, 1.807) is 31.5 Å². The van der Waals surface area contributed by atoms with Gasteiger partial charge in [0.2, 0.25) is 11.8 Å². The lowest BCUT2D eigenvalue weighted by Gasteiger charge is -2.29. The number of carbonyl (C=O) groups excluding carboxylic acids is 2. The van der Waals surface area contributed by atoms with E-state index in [1.807, 2.05) is 11.0 Å². The number of nitrogens with zero attached hydrogens (tertiary/aromatic N) is 3. The van der Waals surface area contributed by atoms with E-state index in [1.165, 1.54) is 11.1 Å². The molecule has 1 N–H and O–H groups in total. The van der Waals surface area contributed by atoms with Crippen LogP contribution in [0, 0.1) is 0 Å². The molecule has 128 valence electrons. The first-order chi connectivity index (χ1) is 11.6. The van der Waals surface area contributed by atoms with E-state index >= 15 is 0 Å². The zero-order chi connectivity index (χ0) is 16.9. The molecular formula is C17H22N4O3. The van der Waals surface area contributed by atoms with E-state index in [2.05, 4.69) is 10.4 Å². The van der Waals surface area contributed by atoms with Crippen LogP contribution in [0.1, 0.15) is 26.2 Å². The lowest BCUT2D eigenvalue weighted by Crippen LogP contribution is -2.49. The Hall–Kier alpha value is -2.57. The summed E-state index contributed by atoms with van der Waals surface area (Å²) in [4.78, 5) is 26.3. The highest BCUT2D eigenvalue weighted by Crippen LogP contribution is 2.16. The summed E-state index contributed by atoms with van der Waals surface area (Å²) < 4.78 is 6.81. The Balaban J connectivity index is 1.52. The number of likely N-dealkylation sites (tertiary alicyclic amines) is 1. The minimum absolute atomic E-state index is 0.0141. The molecule has 3 heterocycles. The van der Waals surface area contributed by atoms with Gasteiger partial charge in [0.05, 0.1) is 6.26 Å².